The summed E-state index contributed by atoms with van der Waals surface area (Å²) in [5, 5.41) is 0. The molecule has 0 aliphatic heterocycles. The largest absolute Gasteiger partial charge is 0.348 e. The van der Waals surface area contributed by atoms with Gasteiger partial charge in [0, 0.05) is 18.4 Å². The van der Waals surface area contributed by atoms with Gasteiger partial charge in [0.25, 0.3) is 5.56 Å². The van der Waals surface area contributed by atoms with Crippen molar-refractivity contribution in [2.75, 3.05) is 0 Å². The van der Waals surface area contributed by atoms with Crippen molar-refractivity contribution in [3.8, 4) is 0 Å². The molecule has 0 N–H and O–H groups in total. The Kier molecular flexibility index (Phi) is 2.53. The third kappa shape index (κ3) is 1.74. The van der Waals surface area contributed by atoms with Crippen molar-refractivity contribution in [2.24, 2.45) is 7.05 Å². The number of hydrogen-bond donors (Lipinski definition) is 0. The summed E-state index contributed by atoms with van der Waals surface area (Å²) in [5.74, 6) is 0. The SMILES string of the molecule is Cc1ccc(/C=c2\sc3nc4ccccc4n3c2=O)n1C. The minimum Gasteiger partial charge on any atom is -0.348 e. The lowest BCUT2D eigenvalue weighted by molar-refractivity contribution is 0.871. The monoisotopic (exact) mass is 295 g/mol. The molecule has 0 aliphatic rings. The Morgan fingerprint density at radius 2 is 2.00 bits per heavy atom. The topological polar surface area (TPSA) is 39.3 Å². The Balaban J connectivity index is 2.05. The van der Waals surface area contributed by atoms with Gasteiger partial charge in [0.15, 0.2) is 4.96 Å². The van der Waals surface area contributed by atoms with Crippen LogP contribution in [0, 0.1) is 6.92 Å². The first-order valence-corrected chi connectivity index (χ1v) is 7.51. The fourth-order valence-corrected chi connectivity index (χ4v) is 3.50. The maximum atomic E-state index is 12.6. The molecule has 3 aromatic heterocycles. The molecule has 0 atom stereocenters. The molecule has 0 spiro atoms. The fraction of sp³-hybridized carbons (Fsp3) is 0.125. The van der Waals surface area contributed by atoms with Crippen LogP contribution in [0.4, 0.5) is 0 Å². The number of aromatic nitrogens is 3. The number of aryl methyl sites for hydroxylation is 1. The molecular weight excluding hydrogens is 282 g/mol. The Morgan fingerprint density at radius 3 is 2.76 bits per heavy atom. The van der Waals surface area contributed by atoms with Crippen LogP contribution in [0.1, 0.15) is 11.4 Å². The molecule has 104 valence electrons. The molecular formula is C16H13N3OS. The molecule has 4 aromatic rings. The van der Waals surface area contributed by atoms with Crippen molar-refractivity contribution in [1.82, 2.24) is 14.0 Å². The van der Waals surface area contributed by atoms with Crippen molar-refractivity contribution < 1.29 is 0 Å². The van der Waals surface area contributed by atoms with Gasteiger partial charge in [-0.15, -0.1) is 0 Å². The number of para-hydroxylation sites is 2. The van der Waals surface area contributed by atoms with E-state index in [9.17, 15) is 4.79 Å². The van der Waals surface area contributed by atoms with Crippen molar-refractivity contribution in [2.45, 2.75) is 6.92 Å². The van der Waals surface area contributed by atoms with Crippen LogP contribution in [0.15, 0.2) is 41.2 Å². The number of thiazole rings is 1. The molecule has 0 radical (unpaired) electrons. The van der Waals surface area contributed by atoms with Gasteiger partial charge in [-0.2, -0.15) is 0 Å². The summed E-state index contributed by atoms with van der Waals surface area (Å²) in [6, 6.07) is 11.8. The summed E-state index contributed by atoms with van der Waals surface area (Å²) in [5.41, 5.74) is 3.93. The zero-order chi connectivity index (χ0) is 14.6. The summed E-state index contributed by atoms with van der Waals surface area (Å²) >= 11 is 1.43. The maximum Gasteiger partial charge on any atom is 0.275 e. The summed E-state index contributed by atoms with van der Waals surface area (Å²) in [7, 11) is 2.00. The van der Waals surface area contributed by atoms with Crippen LogP contribution in [-0.2, 0) is 7.05 Å². The van der Waals surface area contributed by atoms with Gasteiger partial charge in [0.2, 0.25) is 0 Å². The highest BCUT2D eigenvalue weighted by atomic mass is 32.1. The summed E-state index contributed by atoms with van der Waals surface area (Å²) in [4.78, 5) is 17.9. The highest BCUT2D eigenvalue weighted by molar-refractivity contribution is 7.15. The molecule has 4 rings (SSSR count). The Labute approximate surface area is 124 Å². The lowest BCUT2D eigenvalue weighted by atomic mass is 10.3. The van der Waals surface area contributed by atoms with Gasteiger partial charge in [0.05, 0.1) is 15.6 Å². The molecule has 0 saturated heterocycles. The molecule has 0 amide bonds. The molecule has 5 heteroatoms. The van der Waals surface area contributed by atoms with Gasteiger partial charge in [0.1, 0.15) is 0 Å². The van der Waals surface area contributed by atoms with Gasteiger partial charge < -0.3 is 4.57 Å². The van der Waals surface area contributed by atoms with E-state index in [4.69, 9.17) is 0 Å². The molecule has 0 aliphatic carbocycles. The van der Waals surface area contributed by atoms with Gasteiger partial charge in [-0.05, 0) is 37.3 Å². The highest BCUT2D eigenvalue weighted by Gasteiger charge is 2.10. The van der Waals surface area contributed by atoms with E-state index >= 15 is 0 Å². The standard InChI is InChI=1S/C16H13N3OS/c1-10-7-8-11(18(10)2)9-14-15(20)19-13-6-4-3-5-12(13)17-16(19)21-14/h3-9H,1-2H3/b14-9-. The highest BCUT2D eigenvalue weighted by Crippen LogP contribution is 2.15. The molecule has 3 heterocycles. The summed E-state index contributed by atoms with van der Waals surface area (Å²) < 4.78 is 4.48. The number of benzene rings is 1. The van der Waals surface area contributed by atoms with Gasteiger partial charge in [-0.1, -0.05) is 23.5 Å². The Morgan fingerprint density at radius 1 is 1.19 bits per heavy atom. The second kappa shape index (κ2) is 4.30. The molecule has 4 nitrogen and oxygen atoms in total. The second-order valence-electron chi connectivity index (χ2n) is 5.09. The minimum absolute atomic E-state index is 0.00236. The average Bonchev–Trinajstić information content (AvgIpc) is 3.09. The quantitative estimate of drug-likeness (QED) is 0.539. The molecule has 0 saturated carbocycles. The van der Waals surface area contributed by atoms with Crippen LogP contribution in [-0.4, -0.2) is 14.0 Å². The summed E-state index contributed by atoms with van der Waals surface area (Å²) in [6.45, 7) is 2.05. The van der Waals surface area contributed by atoms with E-state index in [2.05, 4.69) is 9.55 Å². The first-order valence-electron chi connectivity index (χ1n) is 6.69. The third-order valence-corrected chi connectivity index (χ3v) is 4.80. The number of hydrogen-bond acceptors (Lipinski definition) is 3. The molecule has 0 unspecified atom stereocenters. The molecule has 21 heavy (non-hydrogen) atoms. The molecule has 0 bridgehead atoms. The van der Waals surface area contributed by atoms with Gasteiger partial charge in [-0.3, -0.25) is 4.79 Å². The van der Waals surface area contributed by atoms with Crippen LogP contribution in [0.5, 0.6) is 0 Å². The van der Waals surface area contributed by atoms with Crippen molar-refractivity contribution in [3.63, 3.8) is 0 Å². The average molecular weight is 295 g/mol. The fourth-order valence-electron chi connectivity index (χ4n) is 2.52. The predicted octanol–water partition coefficient (Wildman–Crippen LogP) is 2.10. The maximum absolute atomic E-state index is 12.6. The smallest absolute Gasteiger partial charge is 0.275 e. The summed E-state index contributed by atoms with van der Waals surface area (Å²) in [6.07, 6.45) is 1.93. The van der Waals surface area contributed by atoms with E-state index in [1.165, 1.54) is 17.0 Å². The second-order valence-corrected chi connectivity index (χ2v) is 6.10. The lowest BCUT2D eigenvalue weighted by Crippen LogP contribution is -2.23. The van der Waals surface area contributed by atoms with E-state index in [0.29, 0.717) is 4.53 Å². The van der Waals surface area contributed by atoms with Crippen LogP contribution >= 0.6 is 11.3 Å². The van der Waals surface area contributed by atoms with Crippen molar-refractivity contribution in [3.05, 3.63) is 62.7 Å². The van der Waals surface area contributed by atoms with Crippen LogP contribution in [0.2, 0.25) is 0 Å². The van der Waals surface area contributed by atoms with E-state index < -0.39 is 0 Å². The normalized spacial score (nSPS) is 12.8. The van der Waals surface area contributed by atoms with E-state index in [1.807, 2.05) is 56.4 Å². The Hall–Kier alpha value is -2.40. The zero-order valence-electron chi connectivity index (χ0n) is 11.7. The van der Waals surface area contributed by atoms with E-state index in [0.717, 1.165) is 21.7 Å². The number of fused-ring (bicyclic) bond motifs is 3. The van der Waals surface area contributed by atoms with Gasteiger partial charge >= 0.3 is 0 Å². The van der Waals surface area contributed by atoms with E-state index in [1.54, 1.807) is 4.40 Å². The Bertz CT molecular complexity index is 1080. The predicted molar refractivity (Wildman–Crippen MR) is 85.8 cm³/mol. The molecule has 1 aromatic carbocycles. The van der Waals surface area contributed by atoms with Crippen LogP contribution in [0.25, 0.3) is 22.1 Å². The number of rotatable bonds is 1. The number of imidazole rings is 1. The number of nitrogens with zero attached hydrogens (tertiary/aromatic N) is 3. The van der Waals surface area contributed by atoms with Crippen LogP contribution < -0.4 is 10.1 Å². The first kappa shape index (κ1) is 12.3. The van der Waals surface area contributed by atoms with Crippen molar-refractivity contribution in [1.29, 1.82) is 0 Å². The van der Waals surface area contributed by atoms with Crippen LogP contribution in [0.3, 0.4) is 0 Å². The van der Waals surface area contributed by atoms with E-state index in [-0.39, 0.29) is 5.56 Å². The first-order chi connectivity index (χ1) is 10.1. The zero-order valence-corrected chi connectivity index (χ0v) is 12.5. The minimum atomic E-state index is 0.00236. The van der Waals surface area contributed by atoms with Crippen molar-refractivity contribution >= 4 is 33.4 Å². The molecule has 0 fully saturated rings. The third-order valence-electron chi connectivity index (χ3n) is 3.84. The lowest BCUT2D eigenvalue weighted by Gasteiger charge is -1.98. The van der Waals surface area contributed by atoms with Gasteiger partial charge in [-0.25, -0.2) is 9.38 Å².